The van der Waals surface area contributed by atoms with Crippen LogP contribution in [0.4, 0.5) is 5.69 Å². The van der Waals surface area contributed by atoms with E-state index in [9.17, 15) is 9.59 Å². The van der Waals surface area contributed by atoms with Crippen LogP contribution in [0.3, 0.4) is 0 Å². The molecule has 25 heavy (non-hydrogen) atoms. The molecule has 2 rings (SSSR count). The summed E-state index contributed by atoms with van der Waals surface area (Å²) in [6.07, 6.45) is 0. The summed E-state index contributed by atoms with van der Waals surface area (Å²) in [5.41, 5.74) is 2.03. The molecule has 0 aliphatic heterocycles. The number of hydrogen-bond acceptors (Lipinski definition) is 6. The van der Waals surface area contributed by atoms with Gasteiger partial charge in [0.25, 0.3) is 5.91 Å². The van der Waals surface area contributed by atoms with Gasteiger partial charge in [0.05, 0.1) is 25.6 Å². The normalized spacial score (nSPS) is 10.3. The number of carbonyl (C=O) groups excluding carboxylic acids is 2. The molecule has 1 N–H and O–H groups in total. The highest BCUT2D eigenvalue weighted by Crippen LogP contribution is 2.28. The van der Waals surface area contributed by atoms with Crippen molar-refractivity contribution in [3.63, 3.8) is 0 Å². The van der Waals surface area contributed by atoms with Gasteiger partial charge in [-0.2, -0.15) is 5.10 Å². The second-order valence-electron chi connectivity index (χ2n) is 5.36. The SMILES string of the molecule is COc1ccc(OC)c(NC(=O)COC(=O)c2c(C)nn(C)c2C)c1. The minimum atomic E-state index is -0.587. The zero-order chi connectivity index (χ0) is 18.6. The fourth-order valence-electron chi connectivity index (χ4n) is 2.37. The zero-order valence-electron chi connectivity index (χ0n) is 14.9. The fraction of sp³-hybridized carbons (Fsp3) is 0.353. The van der Waals surface area contributed by atoms with Crippen molar-refractivity contribution in [1.82, 2.24) is 9.78 Å². The molecule has 0 saturated carbocycles. The van der Waals surface area contributed by atoms with E-state index in [1.807, 2.05) is 0 Å². The summed E-state index contributed by atoms with van der Waals surface area (Å²) >= 11 is 0. The Bertz CT molecular complexity index is 798. The second kappa shape index (κ2) is 7.69. The summed E-state index contributed by atoms with van der Waals surface area (Å²) in [7, 11) is 4.75. The lowest BCUT2D eigenvalue weighted by Gasteiger charge is -2.12. The summed E-state index contributed by atoms with van der Waals surface area (Å²) in [5, 5.41) is 6.79. The van der Waals surface area contributed by atoms with Crippen molar-refractivity contribution in [2.45, 2.75) is 13.8 Å². The molecule has 0 bridgehead atoms. The molecule has 8 heteroatoms. The van der Waals surface area contributed by atoms with Crippen LogP contribution in [0.5, 0.6) is 11.5 Å². The van der Waals surface area contributed by atoms with E-state index in [1.165, 1.54) is 14.2 Å². The first kappa shape index (κ1) is 18.3. The molecule has 1 amide bonds. The monoisotopic (exact) mass is 347 g/mol. The molecule has 0 unspecified atom stereocenters. The predicted octanol–water partition coefficient (Wildman–Crippen LogP) is 1.85. The maximum Gasteiger partial charge on any atom is 0.342 e. The van der Waals surface area contributed by atoms with Gasteiger partial charge in [-0.15, -0.1) is 0 Å². The second-order valence-corrected chi connectivity index (χ2v) is 5.36. The number of hydrogen-bond donors (Lipinski definition) is 1. The topological polar surface area (TPSA) is 91.7 Å². The fourth-order valence-corrected chi connectivity index (χ4v) is 2.37. The number of methoxy groups -OCH3 is 2. The number of amides is 1. The standard InChI is InChI=1S/C17H21N3O5/c1-10-16(11(2)20(3)19-10)17(22)25-9-15(21)18-13-8-12(23-4)6-7-14(13)24-5/h6-8H,9H2,1-5H3,(H,18,21). The average Bonchev–Trinajstić information content (AvgIpc) is 2.85. The van der Waals surface area contributed by atoms with Gasteiger partial charge in [-0.3, -0.25) is 9.48 Å². The van der Waals surface area contributed by atoms with Gasteiger partial charge >= 0.3 is 5.97 Å². The minimum absolute atomic E-state index is 0.370. The van der Waals surface area contributed by atoms with Gasteiger partial charge in [-0.25, -0.2) is 4.79 Å². The van der Waals surface area contributed by atoms with Crippen LogP contribution in [0.25, 0.3) is 0 Å². The third kappa shape index (κ3) is 4.09. The lowest BCUT2D eigenvalue weighted by atomic mass is 10.2. The van der Waals surface area contributed by atoms with Crippen LogP contribution < -0.4 is 14.8 Å². The van der Waals surface area contributed by atoms with Crippen molar-refractivity contribution in [2.75, 3.05) is 26.1 Å². The molecular weight excluding hydrogens is 326 g/mol. The molecule has 0 radical (unpaired) electrons. The number of ether oxygens (including phenoxy) is 3. The lowest BCUT2D eigenvalue weighted by Crippen LogP contribution is -2.21. The Morgan fingerprint density at radius 3 is 2.48 bits per heavy atom. The van der Waals surface area contributed by atoms with Crippen molar-refractivity contribution < 1.29 is 23.8 Å². The van der Waals surface area contributed by atoms with Crippen molar-refractivity contribution in [3.05, 3.63) is 35.2 Å². The van der Waals surface area contributed by atoms with Gasteiger partial charge in [0.15, 0.2) is 6.61 Å². The minimum Gasteiger partial charge on any atom is -0.497 e. The van der Waals surface area contributed by atoms with E-state index in [1.54, 1.807) is 43.8 Å². The molecule has 0 saturated heterocycles. The first-order chi connectivity index (χ1) is 11.9. The first-order valence-corrected chi connectivity index (χ1v) is 7.56. The van der Waals surface area contributed by atoms with Gasteiger partial charge in [-0.1, -0.05) is 0 Å². The molecule has 1 aromatic carbocycles. The summed E-state index contributed by atoms with van der Waals surface area (Å²) < 4.78 is 17.0. The highest BCUT2D eigenvalue weighted by molar-refractivity contribution is 5.97. The molecule has 8 nitrogen and oxygen atoms in total. The molecular formula is C17H21N3O5. The van der Waals surface area contributed by atoms with Crippen molar-refractivity contribution >= 4 is 17.6 Å². The molecule has 1 heterocycles. The number of nitrogens with one attached hydrogen (secondary N) is 1. The number of benzene rings is 1. The summed E-state index contributed by atoms with van der Waals surface area (Å²) in [4.78, 5) is 24.3. The Balaban J connectivity index is 2.02. The van der Waals surface area contributed by atoms with Crippen LogP contribution in [0, 0.1) is 13.8 Å². The lowest BCUT2D eigenvalue weighted by molar-refractivity contribution is -0.119. The van der Waals surface area contributed by atoms with E-state index in [-0.39, 0.29) is 0 Å². The van der Waals surface area contributed by atoms with E-state index in [0.717, 1.165) is 0 Å². The van der Waals surface area contributed by atoms with Gasteiger partial charge in [0, 0.05) is 18.8 Å². The largest absolute Gasteiger partial charge is 0.497 e. The van der Waals surface area contributed by atoms with E-state index in [2.05, 4.69) is 10.4 Å². The van der Waals surface area contributed by atoms with Crippen LogP contribution in [-0.4, -0.2) is 42.5 Å². The van der Waals surface area contributed by atoms with Gasteiger partial charge in [0.2, 0.25) is 0 Å². The molecule has 0 spiro atoms. The molecule has 0 aliphatic rings. The maximum atomic E-state index is 12.2. The van der Waals surface area contributed by atoms with Gasteiger partial charge < -0.3 is 19.5 Å². The number of aryl methyl sites for hydroxylation is 2. The Labute approximate surface area is 145 Å². The summed E-state index contributed by atoms with van der Waals surface area (Å²) in [6, 6.07) is 5.00. The van der Waals surface area contributed by atoms with Crippen LogP contribution in [0.2, 0.25) is 0 Å². The van der Waals surface area contributed by atoms with Crippen LogP contribution in [0.1, 0.15) is 21.7 Å². The van der Waals surface area contributed by atoms with E-state index in [4.69, 9.17) is 14.2 Å². The molecule has 134 valence electrons. The maximum absolute atomic E-state index is 12.2. The number of anilines is 1. The van der Waals surface area contributed by atoms with Crippen molar-refractivity contribution in [3.8, 4) is 11.5 Å². The first-order valence-electron chi connectivity index (χ1n) is 7.56. The number of aromatic nitrogens is 2. The predicted molar refractivity (Wildman–Crippen MR) is 91.1 cm³/mol. The third-order valence-electron chi connectivity index (χ3n) is 3.73. The molecule has 1 aromatic heterocycles. The Kier molecular flexibility index (Phi) is 5.63. The van der Waals surface area contributed by atoms with Gasteiger partial charge in [0.1, 0.15) is 17.1 Å². The Morgan fingerprint density at radius 2 is 1.92 bits per heavy atom. The molecule has 0 fully saturated rings. The molecule has 0 aliphatic carbocycles. The quantitative estimate of drug-likeness (QED) is 0.802. The summed E-state index contributed by atoms with van der Waals surface area (Å²) in [5.74, 6) is -0.0379. The highest BCUT2D eigenvalue weighted by atomic mass is 16.5. The Hall–Kier alpha value is -3.03. The van der Waals surface area contributed by atoms with Crippen LogP contribution >= 0.6 is 0 Å². The third-order valence-corrected chi connectivity index (χ3v) is 3.73. The molecule has 2 aromatic rings. The average molecular weight is 347 g/mol. The number of rotatable bonds is 6. The van der Waals surface area contributed by atoms with Crippen LogP contribution in [0.15, 0.2) is 18.2 Å². The van der Waals surface area contributed by atoms with Crippen molar-refractivity contribution in [2.24, 2.45) is 7.05 Å². The highest BCUT2D eigenvalue weighted by Gasteiger charge is 2.20. The van der Waals surface area contributed by atoms with E-state index < -0.39 is 18.5 Å². The summed E-state index contributed by atoms with van der Waals surface area (Å²) in [6.45, 7) is 3.05. The molecule has 0 atom stereocenters. The smallest absolute Gasteiger partial charge is 0.342 e. The van der Waals surface area contributed by atoms with Gasteiger partial charge in [-0.05, 0) is 26.0 Å². The number of carbonyl (C=O) groups is 2. The Morgan fingerprint density at radius 1 is 1.20 bits per heavy atom. The van der Waals surface area contributed by atoms with E-state index in [0.29, 0.717) is 34.1 Å². The van der Waals surface area contributed by atoms with Crippen molar-refractivity contribution in [1.29, 1.82) is 0 Å². The zero-order valence-corrected chi connectivity index (χ0v) is 14.9. The van der Waals surface area contributed by atoms with E-state index >= 15 is 0 Å². The van der Waals surface area contributed by atoms with Crippen LogP contribution in [-0.2, 0) is 16.6 Å². The number of esters is 1. The number of nitrogens with zero attached hydrogens (tertiary/aromatic N) is 2.